The fourth-order valence-corrected chi connectivity index (χ4v) is 1.10. The van der Waals surface area contributed by atoms with Gasteiger partial charge in [-0.05, 0) is 38.6 Å². The van der Waals surface area contributed by atoms with Crippen LogP contribution in [-0.2, 0) is 6.54 Å². The van der Waals surface area contributed by atoms with E-state index < -0.39 is 0 Å². The number of nitriles is 1. The van der Waals surface area contributed by atoms with E-state index in [9.17, 15) is 0 Å². The largest absolute Gasteiger partial charge is 0.300 e. The van der Waals surface area contributed by atoms with Crippen LogP contribution in [0, 0.1) is 11.3 Å². The van der Waals surface area contributed by atoms with E-state index in [0.717, 1.165) is 12.1 Å². The highest BCUT2D eigenvalue weighted by atomic mass is 15.1. The summed E-state index contributed by atoms with van der Waals surface area (Å²) in [7, 11) is 2.07. The van der Waals surface area contributed by atoms with Crippen LogP contribution in [0.3, 0.4) is 0 Å². The molecule has 74 valence electrons. The number of aromatic nitrogens is 1. The Morgan fingerprint density at radius 3 is 2.86 bits per heavy atom. The maximum absolute atomic E-state index is 8.68. The first-order valence-corrected chi connectivity index (χ1v) is 4.68. The van der Waals surface area contributed by atoms with Gasteiger partial charge in [0.25, 0.3) is 0 Å². The van der Waals surface area contributed by atoms with E-state index in [-0.39, 0.29) is 0 Å². The van der Waals surface area contributed by atoms with E-state index in [4.69, 9.17) is 5.26 Å². The zero-order valence-corrected chi connectivity index (χ0v) is 8.86. The zero-order valence-electron chi connectivity index (χ0n) is 8.86. The average Bonchev–Trinajstić information content (AvgIpc) is 2.18. The van der Waals surface area contributed by atoms with Gasteiger partial charge in [0.1, 0.15) is 11.8 Å². The van der Waals surface area contributed by atoms with Crippen molar-refractivity contribution in [1.82, 2.24) is 9.88 Å². The van der Waals surface area contributed by atoms with Gasteiger partial charge >= 0.3 is 0 Å². The molecule has 0 aliphatic heterocycles. The minimum absolute atomic E-state index is 0.486. The van der Waals surface area contributed by atoms with Gasteiger partial charge in [-0.3, -0.25) is 4.90 Å². The number of hydrogen-bond donors (Lipinski definition) is 0. The Labute approximate surface area is 85.0 Å². The average molecular weight is 189 g/mol. The molecule has 1 heterocycles. The van der Waals surface area contributed by atoms with Crippen molar-refractivity contribution in [3.63, 3.8) is 0 Å². The predicted molar refractivity (Wildman–Crippen MR) is 55.6 cm³/mol. The summed E-state index contributed by atoms with van der Waals surface area (Å²) < 4.78 is 0. The highest BCUT2D eigenvalue weighted by molar-refractivity contribution is 5.25. The van der Waals surface area contributed by atoms with Crippen LogP contribution in [0.15, 0.2) is 18.3 Å². The molecule has 0 spiro atoms. The number of pyridine rings is 1. The van der Waals surface area contributed by atoms with E-state index in [1.807, 2.05) is 18.2 Å². The van der Waals surface area contributed by atoms with Crippen molar-refractivity contribution >= 4 is 0 Å². The third kappa shape index (κ3) is 2.82. The van der Waals surface area contributed by atoms with Gasteiger partial charge in [-0.2, -0.15) is 5.26 Å². The van der Waals surface area contributed by atoms with Crippen LogP contribution in [-0.4, -0.2) is 23.0 Å². The number of rotatable bonds is 3. The molecule has 3 heteroatoms. The molecular formula is C11H15N3. The molecule has 0 radical (unpaired) electrons. The summed E-state index contributed by atoms with van der Waals surface area (Å²) in [6.45, 7) is 5.15. The third-order valence-electron chi connectivity index (χ3n) is 2.25. The summed E-state index contributed by atoms with van der Waals surface area (Å²) in [6, 6.07) is 6.32. The molecule has 0 saturated heterocycles. The normalized spacial score (nSPS) is 10.6. The summed E-state index contributed by atoms with van der Waals surface area (Å²) in [4.78, 5) is 6.15. The lowest BCUT2D eigenvalue weighted by atomic mass is 10.2. The first kappa shape index (κ1) is 10.7. The Hall–Kier alpha value is -1.40. The molecule has 0 unspecified atom stereocenters. The molecule has 1 rings (SSSR count). The molecule has 0 bridgehead atoms. The van der Waals surface area contributed by atoms with E-state index >= 15 is 0 Å². The van der Waals surface area contributed by atoms with Gasteiger partial charge in [0.05, 0.1) is 0 Å². The Morgan fingerprint density at radius 2 is 2.29 bits per heavy atom. The summed E-state index contributed by atoms with van der Waals surface area (Å²) in [5.41, 5.74) is 1.62. The first-order valence-electron chi connectivity index (χ1n) is 4.68. The standard InChI is InChI=1S/C11H15N3/c1-9(2)14(3)8-10-4-5-13-11(6-10)7-12/h4-6,9H,8H2,1-3H3. The lowest BCUT2D eigenvalue weighted by molar-refractivity contribution is 0.265. The summed E-state index contributed by atoms with van der Waals surface area (Å²) in [6.07, 6.45) is 1.68. The molecule has 0 fully saturated rings. The van der Waals surface area contributed by atoms with Crippen LogP contribution in [0.5, 0.6) is 0 Å². The smallest absolute Gasteiger partial charge is 0.140 e. The molecule has 14 heavy (non-hydrogen) atoms. The second-order valence-corrected chi connectivity index (χ2v) is 3.67. The molecule has 1 aromatic rings. The second kappa shape index (κ2) is 4.73. The predicted octanol–water partition coefficient (Wildman–Crippen LogP) is 1.79. The minimum atomic E-state index is 0.486. The monoisotopic (exact) mass is 189 g/mol. The fraction of sp³-hybridized carbons (Fsp3) is 0.455. The quantitative estimate of drug-likeness (QED) is 0.727. The Morgan fingerprint density at radius 1 is 1.57 bits per heavy atom. The Bertz CT molecular complexity index is 339. The molecule has 0 saturated carbocycles. The van der Waals surface area contributed by atoms with Crippen molar-refractivity contribution < 1.29 is 0 Å². The maximum atomic E-state index is 8.68. The van der Waals surface area contributed by atoms with Gasteiger partial charge in [-0.25, -0.2) is 4.98 Å². The van der Waals surface area contributed by atoms with Crippen LogP contribution in [0.25, 0.3) is 0 Å². The van der Waals surface area contributed by atoms with Crippen LogP contribution in [0.1, 0.15) is 25.1 Å². The molecular weight excluding hydrogens is 174 g/mol. The van der Waals surface area contributed by atoms with Crippen molar-refractivity contribution in [2.45, 2.75) is 26.4 Å². The summed E-state index contributed by atoms with van der Waals surface area (Å²) in [5.74, 6) is 0. The molecule has 0 aromatic carbocycles. The van der Waals surface area contributed by atoms with Crippen molar-refractivity contribution in [3.05, 3.63) is 29.6 Å². The Balaban J connectivity index is 2.73. The van der Waals surface area contributed by atoms with Crippen molar-refractivity contribution in [2.24, 2.45) is 0 Å². The lowest BCUT2D eigenvalue weighted by Gasteiger charge is -2.20. The van der Waals surface area contributed by atoms with Gasteiger partial charge < -0.3 is 0 Å². The van der Waals surface area contributed by atoms with E-state index in [1.165, 1.54) is 0 Å². The summed E-state index contributed by atoms with van der Waals surface area (Å²) >= 11 is 0. The summed E-state index contributed by atoms with van der Waals surface area (Å²) in [5, 5.41) is 8.68. The molecule has 1 aromatic heterocycles. The van der Waals surface area contributed by atoms with Gasteiger partial charge in [-0.1, -0.05) is 0 Å². The van der Waals surface area contributed by atoms with Gasteiger partial charge in [0.15, 0.2) is 0 Å². The minimum Gasteiger partial charge on any atom is -0.300 e. The Kier molecular flexibility index (Phi) is 3.61. The van der Waals surface area contributed by atoms with Crippen LogP contribution in [0.4, 0.5) is 0 Å². The SMILES string of the molecule is CC(C)N(C)Cc1ccnc(C#N)c1. The zero-order chi connectivity index (χ0) is 10.6. The van der Waals surface area contributed by atoms with Crippen molar-refractivity contribution in [1.29, 1.82) is 5.26 Å². The van der Waals surface area contributed by atoms with Gasteiger partial charge in [0.2, 0.25) is 0 Å². The van der Waals surface area contributed by atoms with Crippen LogP contribution < -0.4 is 0 Å². The molecule has 0 N–H and O–H groups in total. The van der Waals surface area contributed by atoms with Gasteiger partial charge in [-0.15, -0.1) is 0 Å². The molecule has 0 aliphatic carbocycles. The first-order chi connectivity index (χ1) is 6.63. The molecule has 0 atom stereocenters. The second-order valence-electron chi connectivity index (χ2n) is 3.67. The van der Waals surface area contributed by atoms with E-state index in [1.54, 1.807) is 6.20 Å². The third-order valence-corrected chi connectivity index (χ3v) is 2.25. The van der Waals surface area contributed by atoms with Crippen LogP contribution >= 0.6 is 0 Å². The highest BCUT2D eigenvalue weighted by Gasteiger charge is 2.04. The van der Waals surface area contributed by atoms with Crippen molar-refractivity contribution in [2.75, 3.05) is 7.05 Å². The molecule has 0 amide bonds. The number of hydrogen-bond acceptors (Lipinski definition) is 3. The van der Waals surface area contributed by atoms with E-state index in [2.05, 4.69) is 30.8 Å². The van der Waals surface area contributed by atoms with E-state index in [0.29, 0.717) is 11.7 Å². The molecule has 0 aliphatic rings. The maximum Gasteiger partial charge on any atom is 0.140 e. The van der Waals surface area contributed by atoms with Crippen molar-refractivity contribution in [3.8, 4) is 6.07 Å². The lowest BCUT2D eigenvalue weighted by Crippen LogP contribution is -2.25. The molecule has 3 nitrogen and oxygen atoms in total. The fourth-order valence-electron chi connectivity index (χ4n) is 1.10. The topological polar surface area (TPSA) is 39.9 Å². The van der Waals surface area contributed by atoms with Crippen LogP contribution in [0.2, 0.25) is 0 Å². The highest BCUT2D eigenvalue weighted by Crippen LogP contribution is 2.06. The van der Waals surface area contributed by atoms with Gasteiger partial charge in [0, 0.05) is 18.8 Å². The number of nitrogens with zero attached hydrogens (tertiary/aromatic N) is 3.